The zero-order valence-electron chi connectivity index (χ0n) is 16.8. The molecule has 4 rings (SSSR count). The molecule has 1 fully saturated rings. The Bertz CT molecular complexity index is 895. The lowest BCUT2D eigenvalue weighted by Crippen LogP contribution is -2.37. The monoisotopic (exact) mass is 451 g/mol. The number of amides is 2. The molecule has 2 amide bonds. The topological polar surface area (TPSA) is 77.6 Å². The highest BCUT2D eigenvalue weighted by atomic mass is 35.5. The third-order valence-corrected chi connectivity index (χ3v) is 5.49. The third-order valence-electron chi connectivity index (χ3n) is 5.49. The molecule has 0 aliphatic carbocycles. The number of nitrogens with zero attached hydrogens (tertiary/aromatic N) is 3. The van der Waals surface area contributed by atoms with Gasteiger partial charge >= 0.3 is 0 Å². The van der Waals surface area contributed by atoms with E-state index in [0.29, 0.717) is 28.8 Å². The summed E-state index contributed by atoms with van der Waals surface area (Å²) in [4.78, 5) is 33.9. The Morgan fingerprint density at radius 1 is 1.23 bits per heavy atom. The van der Waals surface area contributed by atoms with E-state index in [2.05, 4.69) is 27.6 Å². The minimum absolute atomic E-state index is 0. The minimum atomic E-state index is -0.261. The van der Waals surface area contributed by atoms with Gasteiger partial charge < -0.3 is 15.5 Å². The van der Waals surface area contributed by atoms with Crippen LogP contribution < -0.4 is 15.5 Å². The first kappa shape index (κ1) is 24.1. The molecular weight excluding hydrogens is 425 g/mol. The number of halogens is 2. The van der Waals surface area contributed by atoms with Crippen molar-refractivity contribution in [1.29, 1.82) is 0 Å². The van der Waals surface area contributed by atoms with Crippen molar-refractivity contribution in [2.24, 2.45) is 0 Å². The van der Waals surface area contributed by atoms with Crippen molar-refractivity contribution in [3.8, 4) is 0 Å². The van der Waals surface area contributed by atoms with Gasteiger partial charge in [0.25, 0.3) is 5.91 Å². The predicted octanol–water partition coefficient (Wildman–Crippen LogP) is 3.23. The predicted molar refractivity (Wildman–Crippen MR) is 123 cm³/mol. The maximum Gasteiger partial charge on any atom is 0.259 e. The van der Waals surface area contributed by atoms with Crippen LogP contribution >= 0.6 is 24.8 Å². The number of hydrogen-bond donors (Lipinski definition) is 2. The van der Waals surface area contributed by atoms with Gasteiger partial charge in [-0.05, 0) is 63.7 Å². The number of aromatic nitrogens is 1. The minimum Gasteiger partial charge on any atom is -0.320 e. The van der Waals surface area contributed by atoms with Crippen LogP contribution in [0.15, 0.2) is 42.6 Å². The molecule has 2 aliphatic heterocycles. The van der Waals surface area contributed by atoms with E-state index < -0.39 is 0 Å². The number of pyridine rings is 1. The van der Waals surface area contributed by atoms with E-state index >= 15 is 0 Å². The number of para-hydroxylation sites is 2. The highest BCUT2D eigenvalue weighted by Crippen LogP contribution is 2.36. The Balaban J connectivity index is 0.00000160. The molecule has 9 heteroatoms. The smallest absolute Gasteiger partial charge is 0.259 e. The van der Waals surface area contributed by atoms with E-state index in [4.69, 9.17) is 0 Å². The highest BCUT2D eigenvalue weighted by Gasteiger charge is 2.30. The van der Waals surface area contributed by atoms with Crippen LogP contribution in [0.5, 0.6) is 0 Å². The van der Waals surface area contributed by atoms with E-state index in [9.17, 15) is 9.59 Å². The molecule has 30 heavy (non-hydrogen) atoms. The van der Waals surface area contributed by atoms with E-state index in [-0.39, 0.29) is 43.2 Å². The summed E-state index contributed by atoms with van der Waals surface area (Å²) in [6.07, 6.45) is 5.09. The van der Waals surface area contributed by atoms with Crippen LogP contribution in [0.2, 0.25) is 0 Å². The van der Waals surface area contributed by atoms with Crippen molar-refractivity contribution < 1.29 is 9.59 Å². The number of nitrogens with one attached hydrogen (secondary N) is 2. The molecule has 2 aromatic rings. The van der Waals surface area contributed by atoms with E-state index in [0.717, 1.165) is 19.5 Å². The molecule has 2 aliphatic rings. The second kappa shape index (κ2) is 10.7. The Morgan fingerprint density at radius 2 is 2.03 bits per heavy atom. The molecule has 0 radical (unpaired) electrons. The van der Waals surface area contributed by atoms with Crippen molar-refractivity contribution >= 4 is 53.8 Å². The molecule has 1 saturated heterocycles. The molecule has 0 bridgehead atoms. The molecule has 0 spiro atoms. The number of rotatable bonds is 5. The summed E-state index contributed by atoms with van der Waals surface area (Å²) in [5.74, 6) is -0.0287. The van der Waals surface area contributed by atoms with Crippen molar-refractivity contribution in [3.05, 3.63) is 48.2 Å². The maximum absolute atomic E-state index is 13.1. The van der Waals surface area contributed by atoms with Gasteiger partial charge in [0, 0.05) is 12.2 Å². The van der Waals surface area contributed by atoms with Crippen LogP contribution in [0.1, 0.15) is 29.6 Å². The molecule has 3 heterocycles. The molecule has 7 nitrogen and oxygen atoms in total. The molecule has 162 valence electrons. The molecule has 0 saturated carbocycles. The second-order valence-corrected chi connectivity index (χ2v) is 7.32. The number of hydrogen-bond acceptors (Lipinski definition) is 5. The van der Waals surface area contributed by atoms with Crippen molar-refractivity contribution in [2.45, 2.75) is 25.3 Å². The van der Waals surface area contributed by atoms with Crippen LogP contribution in [0.25, 0.3) is 0 Å². The fourth-order valence-electron chi connectivity index (χ4n) is 3.97. The zero-order chi connectivity index (χ0) is 19.5. The molecule has 1 aromatic heterocycles. The quantitative estimate of drug-likeness (QED) is 0.682. The summed E-state index contributed by atoms with van der Waals surface area (Å²) in [6, 6.07) is 11.3. The first-order chi connectivity index (χ1) is 13.6. The number of carbonyl (C=O) groups is 2. The molecular formula is C21H27Cl2N5O2. The second-order valence-electron chi connectivity index (χ2n) is 7.32. The SMILES string of the molecule is CN1CCCC1CCNCC(=O)N1c2ccccc2NC(=O)c2cccnc21.Cl.Cl. The normalized spacial score (nSPS) is 17.7. The summed E-state index contributed by atoms with van der Waals surface area (Å²) in [7, 11) is 2.16. The van der Waals surface area contributed by atoms with E-state index in [1.807, 2.05) is 18.2 Å². The fraction of sp³-hybridized carbons (Fsp3) is 0.381. The lowest BCUT2D eigenvalue weighted by molar-refractivity contribution is -0.117. The van der Waals surface area contributed by atoms with Crippen molar-refractivity contribution in [3.63, 3.8) is 0 Å². The average molecular weight is 452 g/mol. The maximum atomic E-state index is 13.1. The number of fused-ring (bicyclic) bond motifs is 2. The van der Waals surface area contributed by atoms with Gasteiger partial charge in [-0.3, -0.25) is 14.5 Å². The Kier molecular flexibility index (Phi) is 8.61. The van der Waals surface area contributed by atoms with Gasteiger partial charge in [0.2, 0.25) is 5.91 Å². The largest absolute Gasteiger partial charge is 0.320 e. The number of likely N-dealkylation sites (tertiary alicyclic amines) is 1. The van der Waals surface area contributed by atoms with Crippen LogP contribution in [0, 0.1) is 0 Å². The fourth-order valence-corrected chi connectivity index (χ4v) is 3.97. The Morgan fingerprint density at radius 3 is 2.80 bits per heavy atom. The third kappa shape index (κ3) is 4.92. The highest BCUT2D eigenvalue weighted by molar-refractivity contribution is 6.17. The summed E-state index contributed by atoms with van der Waals surface area (Å²) in [6.45, 7) is 2.12. The van der Waals surface area contributed by atoms with Gasteiger partial charge in [-0.15, -0.1) is 24.8 Å². The van der Waals surface area contributed by atoms with Crippen LogP contribution in [-0.2, 0) is 4.79 Å². The first-order valence-electron chi connectivity index (χ1n) is 9.74. The molecule has 2 N–H and O–H groups in total. The van der Waals surface area contributed by atoms with Gasteiger partial charge in [0.15, 0.2) is 5.82 Å². The molecule has 1 aromatic carbocycles. The standard InChI is InChI=1S/C21H25N5O2.2ClH/c1-25-13-5-6-15(25)10-12-22-14-19(27)26-18-9-3-2-8-17(18)24-21(28)16-7-4-11-23-20(16)26;;/h2-4,7-9,11,15,22H,5-6,10,12-14H2,1H3,(H,24,28);2*1H. The number of benzene rings is 1. The van der Waals surface area contributed by atoms with Gasteiger partial charge in [-0.1, -0.05) is 12.1 Å². The van der Waals surface area contributed by atoms with Crippen LogP contribution in [-0.4, -0.2) is 54.4 Å². The van der Waals surface area contributed by atoms with Gasteiger partial charge in [-0.25, -0.2) is 4.98 Å². The number of carbonyl (C=O) groups excluding carboxylic acids is 2. The van der Waals surface area contributed by atoms with Crippen molar-refractivity contribution in [1.82, 2.24) is 15.2 Å². The zero-order valence-corrected chi connectivity index (χ0v) is 18.5. The lowest BCUT2D eigenvalue weighted by atomic mass is 10.1. The lowest BCUT2D eigenvalue weighted by Gasteiger charge is -2.23. The van der Waals surface area contributed by atoms with Gasteiger partial charge in [0.05, 0.1) is 23.5 Å². The van der Waals surface area contributed by atoms with E-state index in [1.165, 1.54) is 17.7 Å². The van der Waals surface area contributed by atoms with Crippen LogP contribution in [0.3, 0.4) is 0 Å². The summed E-state index contributed by atoms with van der Waals surface area (Å²) in [5, 5.41) is 6.15. The van der Waals surface area contributed by atoms with Gasteiger partial charge in [-0.2, -0.15) is 0 Å². The summed E-state index contributed by atoms with van der Waals surface area (Å²) in [5.41, 5.74) is 1.63. The van der Waals surface area contributed by atoms with Crippen molar-refractivity contribution in [2.75, 3.05) is 36.9 Å². The summed E-state index contributed by atoms with van der Waals surface area (Å²) >= 11 is 0. The first-order valence-corrected chi connectivity index (χ1v) is 9.74. The Hall–Kier alpha value is -2.19. The Labute approximate surface area is 189 Å². The van der Waals surface area contributed by atoms with Crippen LogP contribution in [0.4, 0.5) is 17.2 Å². The van der Waals surface area contributed by atoms with E-state index in [1.54, 1.807) is 24.4 Å². The molecule has 1 unspecified atom stereocenters. The number of anilines is 3. The average Bonchev–Trinajstić information content (AvgIpc) is 3.06. The van der Waals surface area contributed by atoms with Gasteiger partial charge in [0.1, 0.15) is 0 Å². The summed E-state index contributed by atoms with van der Waals surface area (Å²) < 4.78 is 0. The molecule has 1 atom stereocenters.